The molecule has 0 saturated heterocycles. The average molecular weight is 540 g/mol. The molecule has 0 saturated carbocycles. The average Bonchev–Trinajstić information content (AvgIpc) is 2.86. The number of hydrogen-bond acceptors (Lipinski definition) is 5. The van der Waals surface area contributed by atoms with Crippen LogP contribution in [-0.4, -0.2) is 38.9 Å². The summed E-state index contributed by atoms with van der Waals surface area (Å²) >= 11 is 5.46. The number of thiocarbonyl (C=S) groups is 1. The summed E-state index contributed by atoms with van der Waals surface area (Å²) < 4.78 is 30.8. The van der Waals surface area contributed by atoms with Gasteiger partial charge in [-0.2, -0.15) is 0 Å². The Morgan fingerprint density at radius 2 is 1.59 bits per heavy atom. The van der Waals surface area contributed by atoms with E-state index in [0.717, 1.165) is 18.2 Å². The maximum atomic E-state index is 12.5. The van der Waals surface area contributed by atoms with Gasteiger partial charge in [0.05, 0.1) is 18.4 Å². The lowest BCUT2D eigenvalue weighted by Gasteiger charge is -2.20. The molecule has 0 aromatic heterocycles. The van der Waals surface area contributed by atoms with E-state index in [1.165, 1.54) is 16.7 Å². The normalized spacial score (nSPS) is 11.9. The van der Waals surface area contributed by atoms with Crippen LogP contribution in [0.1, 0.15) is 32.6 Å². The quantitative estimate of drug-likeness (QED) is 0.246. The van der Waals surface area contributed by atoms with Crippen LogP contribution in [0.5, 0.6) is 0 Å². The summed E-state index contributed by atoms with van der Waals surface area (Å²) in [6.45, 7) is 5.43. The van der Waals surface area contributed by atoms with E-state index in [0.29, 0.717) is 29.5 Å². The highest BCUT2D eigenvalue weighted by Gasteiger charge is 2.15. The minimum absolute atomic E-state index is 0.0101. The summed E-state index contributed by atoms with van der Waals surface area (Å²) in [7, 11) is -3.31. The van der Waals surface area contributed by atoms with Gasteiger partial charge >= 0.3 is 5.97 Å². The number of hydrogen-bond donors (Lipinski definition) is 3. The van der Waals surface area contributed by atoms with Crippen LogP contribution in [-0.2, 0) is 27.7 Å². The number of ether oxygens (including phenoxy) is 1. The number of rotatable bonds is 11. The van der Waals surface area contributed by atoms with Gasteiger partial charge in [0.15, 0.2) is 5.11 Å². The first-order valence-corrected chi connectivity index (χ1v) is 14.3. The Morgan fingerprint density at radius 1 is 0.919 bits per heavy atom. The number of carbonyl (C=O) groups is 1. The molecule has 3 rings (SSSR count). The molecule has 0 fully saturated rings. The predicted octanol–water partition coefficient (Wildman–Crippen LogP) is 4.35. The second kappa shape index (κ2) is 13.2. The van der Waals surface area contributed by atoms with Crippen molar-refractivity contribution in [3.8, 4) is 0 Å². The molecule has 0 radical (unpaired) electrons. The summed E-state index contributed by atoms with van der Waals surface area (Å²) in [5.74, 6) is -0.337. The van der Waals surface area contributed by atoms with E-state index in [2.05, 4.69) is 47.4 Å². The molecule has 0 aliphatic rings. The summed E-state index contributed by atoms with van der Waals surface area (Å²) in [5, 5.41) is 6.89. The number of anilines is 1. The molecule has 0 aliphatic heterocycles. The minimum atomic E-state index is -3.31. The number of carbonyl (C=O) groups excluding carboxylic acids is 1. The third-order valence-corrected chi connectivity index (χ3v) is 6.71. The van der Waals surface area contributed by atoms with Gasteiger partial charge in [0.1, 0.15) is 0 Å². The molecule has 0 bridgehead atoms. The minimum Gasteiger partial charge on any atom is -0.462 e. The number of nitrogens with one attached hydrogen (secondary N) is 3. The fourth-order valence-corrected chi connectivity index (χ4v) is 4.41. The lowest BCUT2D eigenvalue weighted by molar-refractivity contribution is 0.0441. The Balaban J connectivity index is 1.55. The second-order valence-corrected chi connectivity index (χ2v) is 11.2. The van der Waals surface area contributed by atoms with Crippen molar-refractivity contribution in [3.05, 3.63) is 101 Å². The Kier molecular flexibility index (Phi) is 10.0. The summed E-state index contributed by atoms with van der Waals surface area (Å²) in [6.07, 6.45) is 1.84. The van der Waals surface area contributed by atoms with Crippen LogP contribution >= 0.6 is 12.2 Å². The van der Waals surface area contributed by atoms with Crippen molar-refractivity contribution in [1.82, 2.24) is 10.6 Å². The molecular weight excluding hydrogens is 506 g/mol. The fourth-order valence-electron chi connectivity index (χ4n) is 3.69. The fraction of sp³-hybridized carbons (Fsp3) is 0.286. The largest absolute Gasteiger partial charge is 0.462 e. The van der Waals surface area contributed by atoms with Crippen molar-refractivity contribution in [2.24, 2.45) is 5.92 Å². The number of aryl methyl sites for hydroxylation is 2. The van der Waals surface area contributed by atoms with Crippen molar-refractivity contribution >= 4 is 39.0 Å². The van der Waals surface area contributed by atoms with Crippen LogP contribution in [0.3, 0.4) is 0 Å². The SMILES string of the molecule is Cc1ccc(CC(CNC(=S)NCc2ccc(NS(C)(=O)=O)cc2)COC(=O)c2ccccc2)cc1C. The van der Waals surface area contributed by atoms with Crippen LogP contribution in [0, 0.1) is 19.8 Å². The molecule has 1 unspecified atom stereocenters. The Bertz CT molecular complexity index is 1310. The third kappa shape index (κ3) is 9.86. The molecular formula is C28H33N3O4S2. The van der Waals surface area contributed by atoms with Crippen molar-refractivity contribution in [3.63, 3.8) is 0 Å². The molecule has 7 nitrogen and oxygen atoms in total. The van der Waals surface area contributed by atoms with E-state index in [-0.39, 0.29) is 18.5 Å². The molecule has 0 amide bonds. The van der Waals surface area contributed by atoms with Gasteiger partial charge in [-0.25, -0.2) is 13.2 Å². The summed E-state index contributed by atoms with van der Waals surface area (Å²) in [4.78, 5) is 12.5. The molecule has 3 aromatic rings. The first-order valence-electron chi connectivity index (χ1n) is 12.0. The maximum absolute atomic E-state index is 12.5. The molecule has 37 heavy (non-hydrogen) atoms. The van der Waals surface area contributed by atoms with E-state index in [1.807, 2.05) is 30.3 Å². The van der Waals surface area contributed by atoms with Gasteiger partial charge in [-0.1, -0.05) is 48.5 Å². The third-order valence-electron chi connectivity index (χ3n) is 5.82. The number of sulfonamides is 1. The zero-order valence-corrected chi connectivity index (χ0v) is 22.9. The summed E-state index contributed by atoms with van der Waals surface area (Å²) in [5.41, 5.74) is 5.61. The maximum Gasteiger partial charge on any atom is 0.338 e. The second-order valence-electron chi connectivity index (χ2n) is 9.09. The van der Waals surface area contributed by atoms with E-state index in [9.17, 15) is 13.2 Å². The van der Waals surface area contributed by atoms with Crippen LogP contribution in [0.2, 0.25) is 0 Å². The molecule has 0 aliphatic carbocycles. The van der Waals surface area contributed by atoms with Crippen molar-refractivity contribution < 1.29 is 17.9 Å². The predicted molar refractivity (Wildman–Crippen MR) is 152 cm³/mol. The van der Waals surface area contributed by atoms with Gasteiger partial charge in [-0.15, -0.1) is 0 Å². The van der Waals surface area contributed by atoms with Crippen molar-refractivity contribution in [1.29, 1.82) is 0 Å². The van der Waals surface area contributed by atoms with Crippen LogP contribution in [0.25, 0.3) is 0 Å². The van der Waals surface area contributed by atoms with Gasteiger partial charge in [-0.05, 0) is 79.0 Å². The van der Waals surface area contributed by atoms with E-state index < -0.39 is 10.0 Å². The molecule has 9 heteroatoms. The smallest absolute Gasteiger partial charge is 0.338 e. The summed E-state index contributed by atoms with van der Waals surface area (Å²) in [6, 6.07) is 22.4. The molecule has 3 aromatic carbocycles. The molecule has 196 valence electrons. The van der Waals surface area contributed by atoms with Gasteiger partial charge in [-0.3, -0.25) is 4.72 Å². The topological polar surface area (TPSA) is 96.5 Å². The standard InChI is InChI=1S/C28H33N3O4S2/c1-20-9-10-23(15-21(20)2)16-24(19-35-27(32)25-7-5-4-6-8-25)18-30-28(36)29-17-22-11-13-26(14-12-22)31-37(3,33)34/h4-15,24,31H,16-19H2,1-3H3,(H2,29,30,36). The highest BCUT2D eigenvalue weighted by molar-refractivity contribution is 7.92. The van der Waals surface area contributed by atoms with Gasteiger partial charge < -0.3 is 15.4 Å². The molecule has 1 atom stereocenters. The Labute approximate surface area is 224 Å². The monoisotopic (exact) mass is 539 g/mol. The van der Waals surface area contributed by atoms with E-state index in [4.69, 9.17) is 17.0 Å². The Morgan fingerprint density at radius 3 is 2.24 bits per heavy atom. The van der Waals surface area contributed by atoms with Gasteiger partial charge in [0, 0.05) is 24.7 Å². The van der Waals surface area contributed by atoms with Crippen molar-refractivity contribution in [2.45, 2.75) is 26.8 Å². The molecule has 3 N–H and O–H groups in total. The first-order chi connectivity index (χ1) is 17.6. The van der Waals surface area contributed by atoms with Crippen molar-refractivity contribution in [2.75, 3.05) is 24.1 Å². The Hall–Kier alpha value is -3.43. The number of benzene rings is 3. The van der Waals surface area contributed by atoms with E-state index >= 15 is 0 Å². The highest BCUT2D eigenvalue weighted by atomic mass is 32.2. The van der Waals surface area contributed by atoms with Crippen LogP contribution < -0.4 is 15.4 Å². The van der Waals surface area contributed by atoms with Crippen LogP contribution in [0.15, 0.2) is 72.8 Å². The first kappa shape index (κ1) is 28.1. The molecule has 0 spiro atoms. The van der Waals surface area contributed by atoms with Crippen LogP contribution in [0.4, 0.5) is 5.69 Å². The zero-order chi connectivity index (χ0) is 26.8. The van der Waals surface area contributed by atoms with Gasteiger partial charge in [0.25, 0.3) is 0 Å². The molecule has 0 heterocycles. The van der Waals surface area contributed by atoms with Gasteiger partial charge in [0.2, 0.25) is 10.0 Å². The number of esters is 1. The zero-order valence-electron chi connectivity index (χ0n) is 21.3. The lowest BCUT2D eigenvalue weighted by atomic mass is 9.97. The lowest BCUT2D eigenvalue weighted by Crippen LogP contribution is -2.39. The highest BCUT2D eigenvalue weighted by Crippen LogP contribution is 2.15. The van der Waals surface area contributed by atoms with E-state index in [1.54, 1.807) is 24.3 Å².